The van der Waals surface area contributed by atoms with Crippen molar-refractivity contribution in [2.75, 3.05) is 13.1 Å². The van der Waals surface area contributed by atoms with Crippen LogP contribution in [0, 0.1) is 5.82 Å². The van der Waals surface area contributed by atoms with E-state index >= 15 is 0 Å². The van der Waals surface area contributed by atoms with Gasteiger partial charge in [-0.2, -0.15) is 0 Å². The lowest BCUT2D eigenvalue weighted by atomic mass is 9.95. The zero-order valence-corrected chi connectivity index (χ0v) is 14.5. The largest absolute Gasteiger partial charge is 0.326 e. The van der Waals surface area contributed by atoms with Gasteiger partial charge < -0.3 is 5.73 Å². The van der Waals surface area contributed by atoms with Gasteiger partial charge >= 0.3 is 0 Å². The lowest BCUT2D eigenvalue weighted by Crippen LogP contribution is -2.28. The Hall–Kier alpha value is -0.940. The van der Waals surface area contributed by atoms with Crippen molar-refractivity contribution in [1.82, 2.24) is 4.90 Å². The molecule has 2 nitrogen and oxygen atoms in total. The molecule has 0 amide bonds. The SMILES string of the molecule is Cl.N[C@@H]1CN(Cc2c(F)cccc2Br)C[C@H]1c1ccccc1. The Bertz CT molecular complexity index is 603. The van der Waals surface area contributed by atoms with E-state index in [0.717, 1.165) is 17.6 Å². The molecular weight excluding hydrogens is 367 g/mol. The highest BCUT2D eigenvalue weighted by molar-refractivity contribution is 9.10. The topological polar surface area (TPSA) is 29.3 Å². The van der Waals surface area contributed by atoms with E-state index in [1.807, 2.05) is 24.3 Å². The van der Waals surface area contributed by atoms with Crippen molar-refractivity contribution in [1.29, 1.82) is 0 Å². The Balaban J connectivity index is 0.00000176. The Kier molecular flexibility index (Phi) is 5.98. The van der Waals surface area contributed by atoms with E-state index in [9.17, 15) is 4.39 Å². The van der Waals surface area contributed by atoms with Crippen LogP contribution in [0.1, 0.15) is 17.0 Å². The minimum absolute atomic E-state index is 0. The molecule has 0 radical (unpaired) electrons. The van der Waals surface area contributed by atoms with Gasteiger partial charge in [0.15, 0.2) is 0 Å². The maximum Gasteiger partial charge on any atom is 0.128 e. The Morgan fingerprint density at radius 2 is 1.82 bits per heavy atom. The number of likely N-dealkylation sites (tertiary alicyclic amines) is 1. The van der Waals surface area contributed by atoms with Crippen LogP contribution in [-0.4, -0.2) is 24.0 Å². The Morgan fingerprint density at radius 1 is 1.09 bits per heavy atom. The minimum Gasteiger partial charge on any atom is -0.326 e. The maximum absolute atomic E-state index is 13.9. The average Bonchev–Trinajstić information content (AvgIpc) is 2.85. The summed E-state index contributed by atoms with van der Waals surface area (Å²) in [6, 6.07) is 15.5. The van der Waals surface area contributed by atoms with Crippen LogP contribution in [0.3, 0.4) is 0 Å². The van der Waals surface area contributed by atoms with Crippen molar-refractivity contribution in [3.63, 3.8) is 0 Å². The first-order valence-corrected chi connectivity index (χ1v) is 7.90. The van der Waals surface area contributed by atoms with Gasteiger partial charge in [-0.3, -0.25) is 4.90 Å². The molecule has 2 aromatic carbocycles. The van der Waals surface area contributed by atoms with Gasteiger partial charge in [-0.1, -0.05) is 52.3 Å². The number of halogens is 3. The van der Waals surface area contributed by atoms with Crippen molar-refractivity contribution < 1.29 is 4.39 Å². The average molecular weight is 386 g/mol. The van der Waals surface area contributed by atoms with Crippen molar-refractivity contribution in [2.45, 2.75) is 18.5 Å². The monoisotopic (exact) mass is 384 g/mol. The highest BCUT2D eigenvalue weighted by Crippen LogP contribution is 2.29. The fraction of sp³-hybridized carbons (Fsp3) is 0.294. The summed E-state index contributed by atoms with van der Waals surface area (Å²) >= 11 is 3.43. The fourth-order valence-electron chi connectivity index (χ4n) is 3.00. The first kappa shape index (κ1) is 17.4. The maximum atomic E-state index is 13.9. The standard InChI is InChI=1S/C17H18BrFN2.ClH/c18-15-7-4-8-16(19)14(15)10-21-9-13(17(20)11-21)12-5-2-1-3-6-12;/h1-8,13,17H,9-11,20H2;1H/t13-,17+;/m0./s1. The van der Waals surface area contributed by atoms with Crippen LogP contribution in [-0.2, 0) is 6.54 Å². The molecule has 118 valence electrons. The Morgan fingerprint density at radius 3 is 2.50 bits per heavy atom. The van der Waals surface area contributed by atoms with Crippen LogP contribution in [0.2, 0.25) is 0 Å². The molecule has 2 N–H and O–H groups in total. The van der Waals surface area contributed by atoms with E-state index < -0.39 is 0 Å². The predicted octanol–water partition coefficient (Wildman–Crippen LogP) is 3.94. The third-order valence-electron chi connectivity index (χ3n) is 4.11. The second-order valence-corrected chi connectivity index (χ2v) is 6.43. The van der Waals surface area contributed by atoms with Gasteiger partial charge in [0.2, 0.25) is 0 Å². The summed E-state index contributed by atoms with van der Waals surface area (Å²) in [6.45, 7) is 2.25. The summed E-state index contributed by atoms with van der Waals surface area (Å²) in [7, 11) is 0. The van der Waals surface area contributed by atoms with Gasteiger partial charge in [0, 0.05) is 41.6 Å². The molecule has 2 aromatic rings. The molecule has 0 spiro atoms. The molecule has 1 aliphatic heterocycles. The normalized spacial score (nSPS) is 21.6. The number of hydrogen-bond acceptors (Lipinski definition) is 2. The molecule has 0 aromatic heterocycles. The second kappa shape index (κ2) is 7.55. The molecule has 1 fully saturated rings. The van der Waals surface area contributed by atoms with Gasteiger partial charge in [-0.25, -0.2) is 4.39 Å². The second-order valence-electron chi connectivity index (χ2n) is 5.58. The molecule has 22 heavy (non-hydrogen) atoms. The lowest BCUT2D eigenvalue weighted by molar-refractivity contribution is 0.317. The summed E-state index contributed by atoms with van der Waals surface area (Å²) in [5, 5.41) is 0. The first-order chi connectivity index (χ1) is 10.1. The first-order valence-electron chi connectivity index (χ1n) is 7.11. The van der Waals surface area contributed by atoms with Crippen LogP contribution in [0.4, 0.5) is 4.39 Å². The lowest BCUT2D eigenvalue weighted by Gasteiger charge is -2.17. The van der Waals surface area contributed by atoms with E-state index in [-0.39, 0.29) is 24.3 Å². The van der Waals surface area contributed by atoms with Crippen LogP contribution in [0.25, 0.3) is 0 Å². The summed E-state index contributed by atoms with van der Waals surface area (Å²) in [6.07, 6.45) is 0. The number of rotatable bonds is 3. The van der Waals surface area contributed by atoms with Crippen LogP contribution in [0.15, 0.2) is 53.0 Å². The van der Waals surface area contributed by atoms with Crippen LogP contribution < -0.4 is 5.73 Å². The van der Waals surface area contributed by atoms with Crippen LogP contribution >= 0.6 is 28.3 Å². The molecule has 1 heterocycles. The third-order valence-corrected chi connectivity index (χ3v) is 4.85. The highest BCUT2D eigenvalue weighted by atomic mass is 79.9. The van der Waals surface area contributed by atoms with Gasteiger partial charge in [-0.05, 0) is 17.7 Å². The molecule has 1 aliphatic rings. The molecule has 0 aliphatic carbocycles. The zero-order valence-electron chi connectivity index (χ0n) is 12.1. The molecule has 0 unspecified atom stereocenters. The number of hydrogen-bond donors (Lipinski definition) is 1. The summed E-state index contributed by atoms with van der Waals surface area (Å²) in [5.74, 6) is 0.151. The highest BCUT2D eigenvalue weighted by Gasteiger charge is 2.31. The van der Waals surface area contributed by atoms with Gasteiger partial charge in [0.1, 0.15) is 5.82 Å². The van der Waals surface area contributed by atoms with Gasteiger partial charge in [-0.15, -0.1) is 12.4 Å². The zero-order chi connectivity index (χ0) is 14.8. The number of benzene rings is 2. The molecule has 0 bridgehead atoms. The molecule has 0 saturated carbocycles. The van der Waals surface area contributed by atoms with E-state index in [1.165, 1.54) is 11.6 Å². The molecule has 3 rings (SSSR count). The quantitative estimate of drug-likeness (QED) is 0.867. The number of nitrogens with zero attached hydrogens (tertiary/aromatic N) is 1. The van der Waals surface area contributed by atoms with Crippen molar-refractivity contribution in [3.8, 4) is 0 Å². The van der Waals surface area contributed by atoms with Gasteiger partial charge in [0.05, 0.1) is 0 Å². The summed E-state index contributed by atoms with van der Waals surface area (Å²) < 4.78 is 14.8. The summed E-state index contributed by atoms with van der Waals surface area (Å²) in [4.78, 5) is 2.23. The molecular formula is C17H19BrClFN2. The minimum atomic E-state index is -0.166. The number of nitrogens with two attached hydrogens (primary N) is 1. The molecule has 1 saturated heterocycles. The van der Waals surface area contributed by atoms with E-state index in [0.29, 0.717) is 18.0 Å². The molecule has 2 atom stereocenters. The third kappa shape index (κ3) is 3.69. The van der Waals surface area contributed by atoms with Crippen LogP contribution in [0.5, 0.6) is 0 Å². The van der Waals surface area contributed by atoms with Crippen molar-refractivity contribution in [2.24, 2.45) is 5.73 Å². The van der Waals surface area contributed by atoms with Gasteiger partial charge in [0.25, 0.3) is 0 Å². The summed E-state index contributed by atoms with van der Waals surface area (Å²) in [5.41, 5.74) is 8.25. The van der Waals surface area contributed by atoms with E-state index in [1.54, 1.807) is 6.07 Å². The van der Waals surface area contributed by atoms with E-state index in [2.05, 4.69) is 33.0 Å². The smallest absolute Gasteiger partial charge is 0.128 e. The van der Waals surface area contributed by atoms with E-state index in [4.69, 9.17) is 5.73 Å². The predicted molar refractivity (Wildman–Crippen MR) is 93.8 cm³/mol. The van der Waals surface area contributed by atoms with Crippen molar-refractivity contribution >= 4 is 28.3 Å². The molecule has 5 heteroatoms. The Labute approximate surface area is 145 Å². The fourth-order valence-corrected chi connectivity index (χ4v) is 3.47. The van der Waals surface area contributed by atoms with Crippen molar-refractivity contribution in [3.05, 3.63) is 69.9 Å².